The van der Waals surface area contributed by atoms with E-state index < -0.39 is 0 Å². The van der Waals surface area contributed by atoms with Crippen LogP contribution in [0, 0.1) is 11.8 Å². The number of hydrogen-bond acceptors (Lipinski definition) is 0. The van der Waals surface area contributed by atoms with Gasteiger partial charge in [-0.3, -0.25) is 0 Å². The first-order valence-corrected chi connectivity index (χ1v) is 5.57. The maximum absolute atomic E-state index is 6.12. The van der Waals surface area contributed by atoms with E-state index in [-0.39, 0.29) is 10.8 Å². The first-order valence-electron chi connectivity index (χ1n) is 4.70. The van der Waals surface area contributed by atoms with Gasteiger partial charge in [0.25, 0.3) is 0 Å². The Kier molecular flexibility index (Phi) is 3.87. The molecule has 1 aliphatic carbocycles. The van der Waals surface area contributed by atoms with E-state index in [1.54, 1.807) is 0 Å². The van der Waals surface area contributed by atoms with Gasteiger partial charge in [0.05, 0.1) is 10.8 Å². The predicted octanol–water partition coefficient (Wildman–Crippen LogP) is 3.99. The minimum atomic E-state index is -0.0692. The summed E-state index contributed by atoms with van der Waals surface area (Å²) in [7, 11) is 0. The molecule has 0 aliphatic heterocycles. The van der Waals surface area contributed by atoms with Gasteiger partial charge in [-0.15, -0.1) is 23.2 Å². The Morgan fingerprint density at radius 2 is 1.77 bits per heavy atom. The molecule has 0 fully saturated rings. The van der Waals surface area contributed by atoms with Crippen molar-refractivity contribution in [3.05, 3.63) is 23.8 Å². The lowest BCUT2D eigenvalue weighted by Gasteiger charge is -2.16. The first-order chi connectivity index (χ1) is 6.02. The molecule has 0 aromatic rings. The Balaban J connectivity index is 2.92. The Hall–Kier alpha value is 0.0600. The van der Waals surface area contributed by atoms with Gasteiger partial charge in [0.2, 0.25) is 0 Å². The van der Waals surface area contributed by atoms with Crippen molar-refractivity contribution in [3.63, 3.8) is 0 Å². The molecule has 2 heteroatoms. The summed E-state index contributed by atoms with van der Waals surface area (Å²) in [6.45, 7) is 6.56. The van der Waals surface area contributed by atoms with Gasteiger partial charge in [-0.05, 0) is 11.8 Å². The zero-order valence-corrected chi connectivity index (χ0v) is 9.81. The summed E-state index contributed by atoms with van der Waals surface area (Å²) in [6.07, 6.45) is 6.25. The van der Waals surface area contributed by atoms with Gasteiger partial charge in [0.1, 0.15) is 0 Å². The molecule has 1 aliphatic rings. The lowest BCUT2D eigenvalue weighted by atomic mass is 9.91. The lowest BCUT2D eigenvalue weighted by molar-refractivity contribution is 0.663. The minimum Gasteiger partial charge on any atom is -0.117 e. The first kappa shape index (κ1) is 11.1. The number of alkyl halides is 2. The maximum Gasteiger partial charge on any atom is 0.0718 e. The van der Waals surface area contributed by atoms with Gasteiger partial charge in [0.15, 0.2) is 0 Å². The highest BCUT2D eigenvalue weighted by Crippen LogP contribution is 2.28. The summed E-state index contributed by atoms with van der Waals surface area (Å²) < 4.78 is 0. The average molecular weight is 219 g/mol. The summed E-state index contributed by atoms with van der Waals surface area (Å²) in [4.78, 5) is 0. The van der Waals surface area contributed by atoms with Crippen LogP contribution < -0.4 is 0 Å². The van der Waals surface area contributed by atoms with Crippen molar-refractivity contribution in [2.45, 2.75) is 31.5 Å². The second-order valence-electron chi connectivity index (χ2n) is 3.88. The summed E-state index contributed by atoms with van der Waals surface area (Å²) in [5.41, 5.74) is 1.39. The van der Waals surface area contributed by atoms with Crippen LogP contribution in [0.5, 0.6) is 0 Å². The minimum absolute atomic E-state index is 0.0691. The molecule has 0 saturated carbocycles. The van der Waals surface area contributed by atoms with Crippen LogP contribution in [-0.2, 0) is 0 Å². The van der Waals surface area contributed by atoms with E-state index in [0.717, 1.165) is 0 Å². The van der Waals surface area contributed by atoms with Crippen molar-refractivity contribution in [1.82, 2.24) is 0 Å². The largest absolute Gasteiger partial charge is 0.117 e. The van der Waals surface area contributed by atoms with Crippen LogP contribution in [0.3, 0.4) is 0 Å². The molecule has 0 heterocycles. The third kappa shape index (κ3) is 2.75. The predicted molar refractivity (Wildman–Crippen MR) is 60.5 cm³/mol. The molecule has 1 rings (SSSR count). The van der Waals surface area contributed by atoms with Crippen LogP contribution in [0.25, 0.3) is 0 Å². The van der Waals surface area contributed by atoms with Crippen molar-refractivity contribution in [1.29, 1.82) is 0 Å². The van der Waals surface area contributed by atoms with Gasteiger partial charge in [-0.25, -0.2) is 0 Å². The number of rotatable bonds is 1. The number of allylic oxidation sites excluding steroid dienone is 4. The van der Waals surface area contributed by atoms with Gasteiger partial charge < -0.3 is 0 Å². The third-order valence-electron chi connectivity index (χ3n) is 2.43. The second kappa shape index (κ2) is 4.52. The molecule has 13 heavy (non-hydrogen) atoms. The van der Waals surface area contributed by atoms with Gasteiger partial charge in [-0.1, -0.05) is 44.6 Å². The van der Waals surface area contributed by atoms with E-state index in [2.05, 4.69) is 32.9 Å². The van der Waals surface area contributed by atoms with Crippen LogP contribution in [-0.4, -0.2) is 10.8 Å². The van der Waals surface area contributed by atoms with Crippen molar-refractivity contribution in [2.24, 2.45) is 11.8 Å². The molecule has 3 unspecified atom stereocenters. The topological polar surface area (TPSA) is 0 Å². The molecule has 0 nitrogen and oxygen atoms in total. The molecule has 0 spiro atoms. The molecule has 0 aromatic heterocycles. The molecule has 3 atom stereocenters. The van der Waals surface area contributed by atoms with Crippen LogP contribution in [0.2, 0.25) is 0 Å². The lowest BCUT2D eigenvalue weighted by Crippen LogP contribution is -2.09. The number of hydrogen-bond donors (Lipinski definition) is 0. The molecule has 74 valence electrons. The summed E-state index contributed by atoms with van der Waals surface area (Å²) in [5.74, 6) is 1.01. The zero-order chi connectivity index (χ0) is 10.0. The van der Waals surface area contributed by atoms with Crippen molar-refractivity contribution >= 4 is 23.2 Å². The molecule has 0 saturated heterocycles. The van der Waals surface area contributed by atoms with E-state index >= 15 is 0 Å². The molecule has 0 bridgehead atoms. The van der Waals surface area contributed by atoms with Crippen LogP contribution in [0.1, 0.15) is 20.8 Å². The average Bonchev–Trinajstić information content (AvgIpc) is 2.18. The van der Waals surface area contributed by atoms with Crippen molar-refractivity contribution in [2.75, 3.05) is 0 Å². The fraction of sp³-hybridized carbons (Fsp3) is 0.636. The quantitative estimate of drug-likeness (QED) is 0.462. The highest BCUT2D eigenvalue weighted by Gasteiger charge is 2.19. The van der Waals surface area contributed by atoms with E-state index in [9.17, 15) is 0 Å². The zero-order valence-electron chi connectivity index (χ0n) is 8.30. The van der Waals surface area contributed by atoms with Crippen molar-refractivity contribution < 1.29 is 0 Å². The normalized spacial score (nSPS) is 34.6. The summed E-state index contributed by atoms with van der Waals surface area (Å²) in [6, 6.07) is 0. The Morgan fingerprint density at radius 1 is 1.15 bits per heavy atom. The molecular formula is C11H16Cl2. The Morgan fingerprint density at radius 3 is 2.31 bits per heavy atom. The van der Waals surface area contributed by atoms with E-state index in [4.69, 9.17) is 23.2 Å². The maximum atomic E-state index is 6.12. The SMILES string of the molecule is CC(C)C1=CC(Cl)C(Cl)C=CC1C. The van der Waals surface area contributed by atoms with Crippen LogP contribution in [0.4, 0.5) is 0 Å². The molecule has 0 radical (unpaired) electrons. The fourth-order valence-corrected chi connectivity index (χ4v) is 2.02. The highest BCUT2D eigenvalue weighted by atomic mass is 35.5. The van der Waals surface area contributed by atoms with Crippen molar-refractivity contribution in [3.8, 4) is 0 Å². The van der Waals surface area contributed by atoms with E-state index in [1.165, 1.54) is 5.57 Å². The Labute approximate surface area is 90.6 Å². The molecule has 0 aromatic carbocycles. The molecular weight excluding hydrogens is 203 g/mol. The van der Waals surface area contributed by atoms with Crippen LogP contribution in [0.15, 0.2) is 23.8 Å². The monoisotopic (exact) mass is 218 g/mol. The van der Waals surface area contributed by atoms with Gasteiger partial charge >= 0.3 is 0 Å². The Bertz CT molecular complexity index is 228. The third-order valence-corrected chi connectivity index (χ3v) is 3.38. The number of halogens is 2. The fourth-order valence-electron chi connectivity index (χ4n) is 1.64. The standard InChI is InChI=1S/C11H16Cl2/c1-7(2)9-6-11(13)10(12)5-4-8(9)3/h4-8,10-11H,1-3H3. The smallest absolute Gasteiger partial charge is 0.0718 e. The summed E-state index contributed by atoms with van der Waals surface area (Å²) in [5, 5.41) is -0.138. The van der Waals surface area contributed by atoms with E-state index in [0.29, 0.717) is 11.8 Å². The highest BCUT2D eigenvalue weighted by molar-refractivity contribution is 6.31. The van der Waals surface area contributed by atoms with E-state index in [1.807, 2.05) is 6.08 Å². The molecule has 0 amide bonds. The van der Waals surface area contributed by atoms with Crippen LogP contribution >= 0.6 is 23.2 Å². The summed E-state index contributed by atoms with van der Waals surface area (Å²) >= 11 is 12.2. The van der Waals surface area contributed by atoms with Gasteiger partial charge in [0, 0.05) is 0 Å². The molecule has 0 N–H and O–H groups in total. The van der Waals surface area contributed by atoms with Gasteiger partial charge in [-0.2, -0.15) is 0 Å². The second-order valence-corrected chi connectivity index (χ2v) is 4.89.